The summed E-state index contributed by atoms with van der Waals surface area (Å²) in [6.07, 6.45) is 1.52. The Morgan fingerprint density at radius 1 is 1.19 bits per heavy atom. The van der Waals surface area contributed by atoms with Gasteiger partial charge in [0.2, 0.25) is 5.91 Å². The normalized spacial score (nSPS) is 13.5. The minimum Gasteiger partial charge on any atom is -0.397 e. The Balaban J connectivity index is 1.73. The Morgan fingerprint density at radius 3 is 2.43 bits per heavy atom. The zero-order valence-corrected chi connectivity index (χ0v) is 11.5. The number of carbonyl (C=O) groups is 1. The Hall–Kier alpha value is -2.80. The molecule has 2 aromatic carbocycles. The highest BCUT2D eigenvalue weighted by Gasteiger charge is 2.27. The molecule has 2 aromatic rings. The number of amides is 1. The van der Waals surface area contributed by atoms with E-state index >= 15 is 0 Å². The number of hydrogen-bond donors (Lipinski definition) is 2. The molecule has 0 atom stereocenters. The second kappa shape index (κ2) is 5.29. The minimum atomic E-state index is -0.0579. The highest BCUT2D eigenvalue weighted by Crippen LogP contribution is 2.28. The van der Waals surface area contributed by atoms with Gasteiger partial charge in [0.25, 0.3) is 0 Å². The van der Waals surface area contributed by atoms with E-state index in [9.17, 15) is 4.79 Å². The number of nitrogens with one attached hydrogen (secondary N) is 1. The third kappa shape index (κ3) is 2.59. The number of nitrogen functional groups attached to an aromatic ring is 1. The average Bonchev–Trinajstić information content (AvgIpc) is 2.93. The molecule has 1 aliphatic carbocycles. The molecule has 0 radical (unpaired) electrons. The van der Waals surface area contributed by atoms with E-state index in [1.165, 1.54) is 11.1 Å². The van der Waals surface area contributed by atoms with E-state index in [1.807, 2.05) is 18.2 Å². The second-order valence-electron chi connectivity index (χ2n) is 5.28. The maximum atomic E-state index is 12.4. The highest BCUT2D eigenvalue weighted by molar-refractivity contribution is 5.96. The SMILES string of the molecule is N#Cc1ccc(NC(=O)C2Cc3ccccc3C2)c(N)c1. The van der Waals surface area contributed by atoms with Crippen LogP contribution in [-0.2, 0) is 17.6 Å². The molecule has 0 saturated heterocycles. The van der Waals surface area contributed by atoms with E-state index in [0.717, 1.165) is 12.8 Å². The molecule has 0 unspecified atom stereocenters. The molecule has 4 heteroatoms. The fraction of sp³-hybridized carbons (Fsp3) is 0.176. The van der Waals surface area contributed by atoms with Crippen molar-refractivity contribution in [2.24, 2.45) is 5.92 Å². The number of carbonyl (C=O) groups excluding carboxylic acids is 1. The first kappa shape index (κ1) is 13.2. The number of nitrogens with two attached hydrogens (primary N) is 1. The van der Waals surface area contributed by atoms with E-state index in [4.69, 9.17) is 11.0 Å². The fourth-order valence-corrected chi connectivity index (χ4v) is 2.73. The number of anilines is 2. The zero-order valence-electron chi connectivity index (χ0n) is 11.5. The van der Waals surface area contributed by atoms with Crippen molar-refractivity contribution in [2.75, 3.05) is 11.1 Å². The highest BCUT2D eigenvalue weighted by atomic mass is 16.1. The Morgan fingerprint density at radius 2 is 1.86 bits per heavy atom. The van der Waals surface area contributed by atoms with Crippen LogP contribution in [0.5, 0.6) is 0 Å². The molecule has 104 valence electrons. The van der Waals surface area contributed by atoms with Crippen LogP contribution in [0.25, 0.3) is 0 Å². The lowest BCUT2D eigenvalue weighted by Gasteiger charge is -2.12. The minimum absolute atomic E-state index is 0.0254. The summed E-state index contributed by atoms with van der Waals surface area (Å²) in [5.41, 5.74) is 9.81. The lowest BCUT2D eigenvalue weighted by Crippen LogP contribution is -2.23. The van der Waals surface area contributed by atoms with Crippen molar-refractivity contribution in [1.29, 1.82) is 5.26 Å². The van der Waals surface area contributed by atoms with Gasteiger partial charge >= 0.3 is 0 Å². The van der Waals surface area contributed by atoms with Gasteiger partial charge in [-0.1, -0.05) is 24.3 Å². The quantitative estimate of drug-likeness (QED) is 0.828. The van der Waals surface area contributed by atoms with E-state index < -0.39 is 0 Å². The van der Waals surface area contributed by atoms with Gasteiger partial charge < -0.3 is 11.1 Å². The Labute approximate surface area is 123 Å². The first-order valence-electron chi connectivity index (χ1n) is 6.84. The van der Waals surface area contributed by atoms with E-state index in [2.05, 4.69) is 17.4 Å². The van der Waals surface area contributed by atoms with Crippen molar-refractivity contribution in [3.63, 3.8) is 0 Å². The summed E-state index contributed by atoms with van der Waals surface area (Å²) in [6, 6.07) is 15.0. The summed E-state index contributed by atoms with van der Waals surface area (Å²) < 4.78 is 0. The van der Waals surface area contributed by atoms with Gasteiger partial charge in [-0.25, -0.2) is 0 Å². The van der Waals surface area contributed by atoms with E-state index in [0.29, 0.717) is 16.9 Å². The van der Waals surface area contributed by atoms with Gasteiger partial charge in [0.1, 0.15) is 0 Å². The van der Waals surface area contributed by atoms with Crippen molar-refractivity contribution >= 4 is 17.3 Å². The average molecular weight is 277 g/mol. The molecule has 1 aliphatic rings. The number of rotatable bonds is 2. The van der Waals surface area contributed by atoms with Crippen LogP contribution >= 0.6 is 0 Å². The summed E-state index contributed by atoms with van der Waals surface area (Å²) in [5.74, 6) is -0.0833. The maximum absolute atomic E-state index is 12.4. The lowest BCUT2D eigenvalue weighted by molar-refractivity contribution is -0.119. The van der Waals surface area contributed by atoms with Crippen molar-refractivity contribution < 1.29 is 4.79 Å². The predicted molar refractivity (Wildman–Crippen MR) is 81.5 cm³/mol. The Bertz CT molecular complexity index is 721. The molecule has 1 amide bonds. The molecule has 4 nitrogen and oxygen atoms in total. The van der Waals surface area contributed by atoms with Gasteiger partial charge in [-0.3, -0.25) is 4.79 Å². The smallest absolute Gasteiger partial charge is 0.228 e. The molecule has 0 aromatic heterocycles. The number of benzene rings is 2. The molecule has 3 N–H and O–H groups in total. The summed E-state index contributed by atoms with van der Waals surface area (Å²) in [5, 5.41) is 11.7. The van der Waals surface area contributed by atoms with Crippen molar-refractivity contribution in [1.82, 2.24) is 0 Å². The van der Waals surface area contributed by atoms with Crippen molar-refractivity contribution in [3.05, 3.63) is 59.2 Å². The van der Waals surface area contributed by atoms with Crippen LogP contribution in [0, 0.1) is 17.2 Å². The van der Waals surface area contributed by atoms with Crippen molar-refractivity contribution in [3.8, 4) is 6.07 Å². The summed E-state index contributed by atoms with van der Waals surface area (Å²) >= 11 is 0. The molecule has 0 bridgehead atoms. The first-order chi connectivity index (χ1) is 10.2. The van der Waals surface area contributed by atoms with Gasteiger partial charge in [-0.15, -0.1) is 0 Å². The summed E-state index contributed by atoms with van der Waals surface area (Å²) in [7, 11) is 0. The molecular formula is C17H15N3O. The number of hydrogen-bond acceptors (Lipinski definition) is 3. The molecular weight excluding hydrogens is 262 g/mol. The Kier molecular flexibility index (Phi) is 3.33. The van der Waals surface area contributed by atoms with Crippen LogP contribution in [0.1, 0.15) is 16.7 Å². The molecule has 0 spiro atoms. The van der Waals surface area contributed by atoms with Crippen molar-refractivity contribution in [2.45, 2.75) is 12.8 Å². The van der Waals surface area contributed by atoms with E-state index in [-0.39, 0.29) is 11.8 Å². The molecule has 3 rings (SSSR count). The number of nitrogens with zero attached hydrogens (tertiary/aromatic N) is 1. The lowest BCUT2D eigenvalue weighted by atomic mass is 10.1. The number of fused-ring (bicyclic) bond motifs is 1. The predicted octanol–water partition coefficient (Wildman–Crippen LogP) is 2.49. The topological polar surface area (TPSA) is 78.9 Å². The van der Waals surface area contributed by atoms with Gasteiger partial charge in [0.15, 0.2) is 0 Å². The van der Waals surface area contributed by atoms with Gasteiger partial charge in [0, 0.05) is 5.92 Å². The molecule has 0 aliphatic heterocycles. The monoisotopic (exact) mass is 277 g/mol. The van der Waals surface area contributed by atoms with Gasteiger partial charge in [0.05, 0.1) is 23.0 Å². The molecule has 0 fully saturated rings. The third-order valence-corrected chi connectivity index (χ3v) is 3.86. The summed E-state index contributed by atoms with van der Waals surface area (Å²) in [6.45, 7) is 0. The molecule has 0 saturated carbocycles. The van der Waals surface area contributed by atoms with Crippen LogP contribution in [0.2, 0.25) is 0 Å². The number of nitriles is 1. The van der Waals surface area contributed by atoms with Crippen LogP contribution in [0.3, 0.4) is 0 Å². The van der Waals surface area contributed by atoms with Gasteiger partial charge in [-0.2, -0.15) is 5.26 Å². The largest absolute Gasteiger partial charge is 0.397 e. The third-order valence-electron chi connectivity index (χ3n) is 3.86. The van der Waals surface area contributed by atoms with E-state index in [1.54, 1.807) is 18.2 Å². The molecule has 21 heavy (non-hydrogen) atoms. The standard InChI is InChI=1S/C17H15N3O/c18-10-11-5-6-16(15(19)7-11)20-17(21)14-8-12-3-1-2-4-13(12)9-14/h1-7,14H,8-9,19H2,(H,20,21). The second-order valence-corrected chi connectivity index (χ2v) is 5.28. The zero-order chi connectivity index (χ0) is 14.8. The van der Waals surface area contributed by atoms with Gasteiger partial charge in [-0.05, 0) is 42.2 Å². The molecule has 0 heterocycles. The maximum Gasteiger partial charge on any atom is 0.228 e. The van der Waals surface area contributed by atoms with Crippen LogP contribution in [-0.4, -0.2) is 5.91 Å². The first-order valence-corrected chi connectivity index (χ1v) is 6.84. The fourth-order valence-electron chi connectivity index (χ4n) is 2.73. The van der Waals surface area contributed by atoms with Crippen LogP contribution in [0.4, 0.5) is 11.4 Å². The summed E-state index contributed by atoms with van der Waals surface area (Å²) in [4.78, 5) is 12.4. The van der Waals surface area contributed by atoms with Crippen LogP contribution < -0.4 is 11.1 Å². The van der Waals surface area contributed by atoms with Crippen LogP contribution in [0.15, 0.2) is 42.5 Å².